The van der Waals surface area contributed by atoms with E-state index in [-0.39, 0.29) is 18.2 Å². The lowest BCUT2D eigenvalue weighted by Crippen LogP contribution is -2.36. The predicted octanol–water partition coefficient (Wildman–Crippen LogP) is 7.07. The van der Waals surface area contributed by atoms with Crippen LogP contribution in [-0.4, -0.2) is 22.6 Å². The summed E-state index contributed by atoms with van der Waals surface area (Å²) >= 11 is 6.80. The number of ether oxygens (including phenoxy) is 1. The van der Waals surface area contributed by atoms with E-state index in [1.54, 1.807) is 26.8 Å². The number of hydrogen-bond donors (Lipinski definition) is 2. The number of halogens is 4. The summed E-state index contributed by atoms with van der Waals surface area (Å²) in [5.74, 6) is -1.50. The van der Waals surface area contributed by atoms with Crippen LogP contribution in [0.5, 0.6) is 0 Å². The number of pyridine rings is 1. The lowest BCUT2D eigenvalue weighted by atomic mass is 10.0. The van der Waals surface area contributed by atoms with E-state index in [0.29, 0.717) is 26.0 Å². The fraction of sp³-hybridized carbons (Fsp3) is 0.458. The van der Waals surface area contributed by atoms with Crippen molar-refractivity contribution in [2.45, 2.75) is 65.5 Å². The van der Waals surface area contributed by atoms with Crippen LogP contribution in [0.2, 0.25) is 0 Å². The minimum atomic E-state index is -0.773. The first kappa shape index (κ1) is 28.2. The van der Waals surface area contributed by atoms with Gasteiger partial charge in [0.25, 0.3) is 0 Å². The van der Waals surface area contributed by atoms with E-state index in [2.05, 4.69) is 47.5 Å². The molecule has 0 saturated heterocycles. The van der Waals surface area contributed by atoms with Crippen LogP contribution in [0.25, 0.3) is 0 Å². The SMILES string of the molecule is CC.CC(C)(C)OC(=O)NC(Cc1cc(F)cc(F)c1)c1nc(Br)c(NC(=O)C2CC2)cc1Br. The number of anilines is 1. The van der Waals surface area contributed by atoms with E-state index in [4.69, 9.17) is 4.74 Å². The molecule has 10 heteroatoms. The Balaban J connectivity index is 0.00000199. The van der Waals surface area contributed by atoms with Crippen LogP contribution in [0.15, 0.2) is 33.3 Å². The first-order valence-electron chi connectivity index (χ1n) is 11.0. The summed E-state index contributed by atoms with van der Waals surface area (Å²) in [6, 6.07) is 4.06. The van der Waals surface area contributed by atoms with E-state index >= 15 is 0 Å². The van der Waals surface area contributed by atoms with Gasteiger partial charge in [-0.15, -0.1) is 0 Å². The number of aromatic nitrogens is 1. The van der Waals surface area contributed by atoms with Gasteiger partial charge in [0.2, 0.25) is 5.91 Å². The van der Waals surface area contributed by atoms with Crippen LogP contribution in [0.3, 0.4) is 0 Å². The lowest BCUT2D eigenvalue weighted by molar-refractivity contribution is -0.117. The third-order valence-corrected chi connectivity index (χ3v) is 5.79. The summed E-state index contributed by atoms with van der Waals surface area (Å²) in [7, 11) is 0. The summed E-state index contributed by atoms with van der Waals surface area (Å²) in [5, 5.41) is 5.55. The van der Waals surface area contributed by atoms with Gasteiger partial charge in [-0.25, -0.2) is 18.6 Å². The van der Waals surface area contributed by atoms with Crippen LogP contribution in [-0.2, 0) is 16.0 Å². The number of hydrogen-bond acceptors (Lipinski definition) is 4. The molecule has 186 valence electrons. The molecule has 0 bridgehead atoms. The Bertz CT molecular complexity index is 1020. The molecule has 1 heterocycles. The Labute approximate surface area is 215 Å². The minimum Gasteiger partial charge on any atom is -0.444 e. The third-order valence-electron chi connectivity index (χ3n) is 4.55. The number of rotatable bonds is 6. The van der Waals surface area contributed by atoms with E-state index < -0.39 is 29.4 Å². The molecule has 1 unspecified atom stereocenters. The van der Waals surface area contributed by atoms with Crippen LogP contribution in [0.4, 0.5) is 19.3 Å². The minimum absolute atomic E-state index is 0.0183. The Hall–Kier alpha value is -2.07. The number of nitrogens with one attached hydrogen (secondary N) is 2. The number of alkyl carbamates (subject to hydrolysis) is 1. The summed E-state index contributed by atoms with van der Waals surface area (Å²) in [4.78, 5) is 29.1. The average molecular weight is 605 g/mol. The van der Waals surface area contributed by atoms with Crippen molar-refractivity contribution >= 4 is 49.5 Å². The van der Waals surface area contributed by atoms with Gasteiger partial charge in [-0.3, -0.25) is 4.79 Å². The first-order valence-corrected chi connectivity index (χ1v) is 12.6. The second-order valence-electron chi connectivity index (χ2n) is 8.64. The Kier molecular flexibility index (Phi) is 9.99. The number of amides is 2. The van der Waals surface area contributed by atoms with Gasteiger partial charge < -0.3 is 15.4 Å². The van der Waals surface area contributed by atoms with E-state index in [1.807, 2.05) is 13.8 Å². The van der Waals surface area contributed by atoms with Crippen molar-refractivity contribution in [3.05, 3.63) is 56.2 Å². The highest BCUT2D eigenvalue weighted by Gasteiger charge is 2.31. The Morgan fingerprint density at radius 1 is 1.12 bits per heavy atom. The smallest absolute Gasteiger partial charge is 0.408 e. The number of carbonyl (C=O) groups excluding carboxylic acids is 2. The number of benzene rings is 1. The van der Waals surface area contributed by atoms with Crippen molar-refractivity contribution < 1.29 is 23.1 Å². The maximum absolute atomic E-state index is 13.7. The van der Waals surface area contributed by atoms with Gasteiger partial charge in [0.1, 0.15) is 21.8 Å². The Morgan fingerprint density at radius 3 is 2.24 bits per heavy atom. The van der Waals surface area contributed by atoms with Crippen LogP contribution < -0.4 is 10.6 Å². The lowest BCUT2D eigenvalue weighted by Gasteiger charge is -2.24. The van der Waals surface area contributed by atoms with Crippen molar-refractivity contribution in [2.75, 3.05) is 5.32 Å². The molecule has 2 amide bonds. The molecule has 2 aromatic rings. The van der Waals surface area contributed by atoms with Crippen molar-refractivity contribution in [1.82, 2.24) is 10.3 Å². The predicted molar refractivity (Wildman–Crippen MR) is 135 cm³/mol. The molecule has 6 nitrogen and oxygen atoms in total. The van der Waals surface area contributed by atoms with Gasteiger partial charge in [-0.1, -0.05) is 13.8 Å². The molecule has 1 saturated carbocycles. The highest BCUT2D eigenvalue weighted by Crippen LogP contribution is 2.35. The van der Waals surface area contributed by atoms with Crippen molar-refractivity contribution in [1.29, 1.82) is 0 Å². The van der Waals surface area contributed by atoms with Crippen molar-refractivity contribution in [2.24, 2.45) is 5.92 Å². The zero-order valence-electron chi connectivity index (χ0n) is 19.8. The van der Waals surface area contributed by atoms with Gasteiger partial charge in [-0.2, -0.15) is 0 Å². The molecule has 1 aromatic carbocycles. The second kappa shape index (κ2) is 12.1. The van der Waals surface area contributed by atoms with Crippen LogP contribution in [0, 0.1) is 17.6 Å². The summed E-state index contributed by atoms with van der Waals surface area (Å²) in [6.07, 6.45) is 1.08. The van der Waals surface area contributed by atoms with Crippen molar-refractivity contribution in [3.8, 4) is 0 Å². The molecule has 34 heavy (non-hydrogen) atoms. The van der Waals surface area contributed by atoms with Gasteiger partial charge >= 0.3 is 6.09 Å². The molecule has 1 aliphatic rings. The topological polar surface area (TPSA) is 80.3 Å². The molecule has 0 radical (unpaired) electrons. The molecule has 2 N–H and O–H groups in total. The molecular formula is C24H29Br2F2N3O3. The molecule has 1 aromatic heterocycles. The van der Waals surface area contributed by atoms with E-state index in [1.165, 1.54) is 12.1 Å². The maximum atomic E-state index is 13.7. The standard InChI is InChI=1S/C22H23Br2F2N3O3.C2H6/c1-22(2,3)32-21(31)28-16(8-11-6-13(25)9-14(26)7-11)18-15(23)10-17(19(24)29-18)27-20(30)12-4-5-12;1-2/h6-7,9-10,12,16H,4-5,8H2,1-3H3,(H,27,30)(H,28,31);1-2H3. The fourth-order valence-corrected chi connectivity index (χ4v) is 4.02. The van der Waals surface area contributed by atoms with Gasteiger partial charge in [0.15, 0.2) is 0 Å². The molecular weight excluding hydrogens is 576 g/mol. The Morgan fingerprint density at radius 2 is 1.71 bits per heavy atom. The fourth-order valence-electron chi connectivity index (χ4n) is 3.02. The van der Waals surface area contributed by atoms with E-state index in [9.17, 15) is 18.4 Å². The molecule has 1 aliphatic carbocycles. The first-order chi connectivity index (χ1) is 15.9. The van der Waals surface area contributed by atoms with Gasteiger partial charge in [0.05, 0.1) is 17.4 Å². The summed E-state index contributed by atoms with van der Waals surface area (Å²) in [5.41, 5.74) is 0.476. The molecule has 0 spiro atoms. The monoisotopic (exact) mass is 603 g/mol. The van der Waals surface area contributed by atoms with Gasteiger partial charge in [0, 0.05) is 16.5 Å². The van der Waals surface area contributed by atoms with Gasteiger partial charge in [-0.05, 0) is 95.7 Å². The molecule has 0 aliphatic heterocycles. The quantitative estimate of drug-likeness (QED) is 0.346. The summed E-state index contributed by atoms with van der Waals surface area (Å²) < 4.78 is 33.7. The average Bonchev–Trinajstić information content (AvgIpc) is 3.55. The highest BCUT2D eigenvalue weighted by molar-refractivity contribution is 9.11. The van der Waals surface area contributed by atoms with E-state index in [0.717, 1.165) is 18.9 Å². The highest BCUT2D eigenvalue weighted by atomic mass is 79.9. The second-order valence-corrected chi connectivity index (χ2v) is 10.2. The maximum Gasteiger partial charge on any atom is 0.408 e. The zero-order valence-corrected chi connectivity index (χ0v) is 22.9. The molecule has 1 fully saturated rings. The van der Waals surface area contributed by atoms with Crippen molar-refractivity contribution in [3.63, 3.8) is 0 Å². The molecule has 1 atom stereocenters. The third kappa shape index (κ3) is 8.61. The van der Waals surface area contributed by atoms with Crippen LogP contribution in [0.1, 0.15) is 64.8 Å². The summed E-state index contributed by atoms with van der Waals surface area (Å²) in [6.45, 7) is 9.18. The van der Waals surface area contributed by atoms with Crippen LogP contribution >= 0.6 is 31.9 Å². The zero-order chi connectivity index (χ0) is 25.6. The largest absolute Gasteiger partial charge is 0.444 e. The number of carbonyl (C=O) groups is 2. The normalized spacial score (nSPS) is 13.9. The molecule has 3 rings (SSSR count). The number of nitrogens with zero attached hydrogens (tertiary/aromatic N) is 1.